The molecule has 31 heavy (non-hydrogen) atoms. The average molecular weight is 446 g/mol. The van der Waals surface area contributed by atoms with Crippen molar-refractivity contribution in [1.29, 1.82) is 0 Å². The summed E-state index contributed by atoms with van der Waals surface area (Å²) in [4.78, 5) is 0. The maximum Gasteiger partial charge on any atom is 0.433 e. The number of alkyl halides is 3. The third-order valence-corrected chi connectivity index (χ3v) is 5.23. The number of aromatic amines is 1. The van der Waals surface area contributed by atoms with Crippen LogP contribution in [0.2, 0.25) is 0 Å². The molecule has 1 aliphatic rings. The molecule has 1 fully saturated rings. The summed E-state index contributed by atoms with van der Waals surface area (Å²) in [6.07, 6.45) is -13.0. The molecule has 0 unspecified atom stereocenters. The second-order valence-corrected chi connectivity index (χ2v) is 7.76. The number of H-pyrrole nitrogens is 1. The van der Waals surface area contributed by atoms with Crippen LogP contribution in [-0.2, 0) is 17.3 Å². The number of aliphatic hydroxyl groups is 4. The van der Waals surface area contributed by atoms with Crippen molar-refractivity contribution in [2.45, 2.75) is 63.1 Å². The molecule has 5 N–H and O–H groups in total. The van der Waals surface area contributed by atoms with Crippen LogP contribution in [0, 0.1) is 0 Å². The van der Waals surface area contributed by atoms with Gasteiger partial charge in [0.2, 0.25) is 5.88 Å². The summed E-state index contributed by atoms with van der Waals surface area (Å²) in [6, 6.07) is 7.05. The summed E-state index contributed by atoms with van der Waals surface area (Å²) in [5.41, 5.74) is 0.164. The maximum atomic E-state index is 13.5. The molecule has 3 rings (SSSR count). The molecule has 8 nitrogen and oxygen atoms in total. The normalized spacial score (nSPS) is 27.0. The van der Waals surface area contributed by atoms with Crippen molar-refractivity contribution in [2.75, 3.05) is 6.61 Å². The highest BCUT2D eigenvalue weighted by molar-refractivity contribution is 5.38. The summed E-state index contributed by atoms with van der Waals surface area (Å²) in [5.74, 6) is -0.224. The van der Waals surface area contributed by atoms with Crippen molar-refractivity contribution in [3.63, 3.8) is 0 Å². The zero-order valence-electron chi connectivity index (χ0n) is 16.9. The molecule has 0 amide bonds. The van der Waals surface area contributed by atoms with Gasteiger partial charge in [0.15, 0.2) is 12.4 Å². The molecule has 2 heterocycles. The first kappa shape index (κ1) is 23.5. The molecule has 0 radical (unpaired) electrons. The van der Waals surface area contributed by atoms with E-state index in [1.54, 1.807) is 12.1 Å². The Labute approximate surface area is 176 Å². The Kier molecular flexibility index (Phi) is 6.92. The van der Waals surface area contributed by atoms with Gasteiger partial charge in [-0.2, -0.15) is 13.2 Å². The van der Waals surface area contributed by atoms with E-state index >= 15 is 0 Å². The number of halogens is 3. The lowest BCUT2D eigenvalue weighted by Gasteiger charge is -2.39. The van der Waals surface area contributed by atoms with Gasteiger partial charge in [0.25, 0.3) is 0 Å². The molecule has 0 spiro atoms. The van der Waals surface area contributed by atoms with E-state index in [9.17, 15) is 28.5 Å². The Balaban J connectivity index is 1.90. The first-order valence-corrected chi connectivity index (χ1v) is 9.73. The number of aliphatic hydroxyl groups excluding tert-OH is 4. The van der Waals surface area contributed by atoms with Crippen molar-refractivity contribution in [1.82, 2.24) is 10.2 Å². The molecule has 1 aromatic heterocycles. The quantitative estimate of drug-likeness (QED) is 0.453. The van der Waals surface area contributed by atoms with Crippen LogP contribution in [0.25, 0.3) is 0 Å². The molecule has 5 atom stereocenters. The number of hydrogen-bond donors (Lipinski definition) is 5. The third-order valence-electron chi connectivity index (χ3n) is 5.23. The predicted molar refractivity (Wildman–Crippen MR) is 101 cm³/mol. The highest BCUT2D eigenvalue weighted by Gasteiger charge is 2.46. The van der Waals surface area contributed by atoms with E-state index in [1.807, 2.05) is 31.1 Å². The minimum absolute atomic E-state index is 0.180. The van der Waals surface area contributed by atoms with Crippen LogP contribution in [0.4, 0.5) is 13.2 Å². The van der Waals surface area contributed by atoms with E-state index in [0.717, 1.165) is 5.56 Å². The fourth-order valence-corrected chi connectivity index (χ4v) is 3.40. The van der Waals surface area contributed by atoms with Crippen LogP contribution in [0.15, 0.2) is 24.3 Å². The minimum atomic E-state index is -4.75. The van der Waals surface area contributed by atoms with Gasteiger partial charge in [-0.15, -0.1) is 5.10 Å². The zero-order valence-corrected chi connectivity index (χ0v) is 16.9. The van der Waals surface area contributed by atoms with E-state index in [-0.39, 0.29) is 17.9 Å². The number of rotatable bonds is 6. The number of nitrogens with zero attached hydrogens (tertiary/aromatic N) is 1. The summed E-state index contributed by atoms with van der Waals surface area (Å²) >= 11 is 0. The lowest BCUT2D eigenvalue weighted by molar-refractivity contribution is -0.281. The number of ether oxygens (including phenoxy) is 2. The third kappa shape index (κ3) is 5.01. The Hall–Kier alpha value is -2.18. The molecule has 172 valence electrons. The van der Waals surface area contributed by atoms with Gasteiger partial charge in [-0.25, -0.2) is 0 Å². The largest absolute Gasteiger partial charge is 0.465 e. The standard InChI is InChI=1S/C20H25F3N2O6/c1-9(2)11-5-3-10(4-6-11)7-12-17(20(21,22)23)24-25-18(12)31-16-15(28)14(27)13(8-26)30-19(16)29/h3-6,9,13-16,19,26-29H,7-8H2,1-2H3,(H,24,25)/t13-,14-,15+,16-,19-/m1/s1. The zero-order chi connectivity index (χ0) is 22.9. The smallest absolute Gasteiger partial charge is 0.433 e. The number of benzene rings is 1. The van der Waals surface area contributed by atoms with E-state index in [0.29, 0.717) is 5.56 Å². The van der Waals surface area contributed by atoms with Crippen molar-refractivity contribution in [3.8, 4) is 5.88 Å². The molecular weight excluding hydrogens is 421 g/mol. The Morgan fingerprint density at radius 1 is 1.13 bits per heavy atom. The van der Waals surface area contributed by atoms with Crippen LogP contribution in [0.5, 0.6) is 5.88 Å². The highest BCUT2D eigenvalue weighted by Crippen LogP contribution is 2.37. The van der Waals surface area contributed by atoms with Gasteiger partial charge in [0, 0.05) is 6.42 Å². The summed E-state index contributed by atoms with van der Waals surface area (Å²) in [7, 11) is 0. The molecule has 2 aromatic rings. The van der Waals surface area contributed by atoms with Gasteiger partial charge in [-0.3, -0.25) is 5.10 Å². The predicted octanol–water partition coefficient (Wildman–Crippen LogP) is 1.32. The van der Waals surface area contributed by atoms with E-state index < -0.39 is 55.1 Å². The van der Waals surface area contributed by atoms with Gasteiger partial charge in [0.1, 0.15) is 24.0 Å². The fourth-order valence-electron chi connectivity index (χ4n) is 3.40. The number of nitrogens with one attached hydrogen (secondary N) is 1. The second kappa shape index (κ2) is 9.13. The van der Waals surface area contributed by atoms with Gasteiger partial charge in [0.05, 0.1) is 12.2 Å². The summed E-state index contributed by atoms with van der Waals surface area (Å²) in [5, 5.41) is 44.9. The van der Waals surface area contributed by atoms with E-state index in [1.165, 1.54) is 0 Å². The monoisotopic (exact) mass is 446 g/mol. The average Bonchev–Trinajstić information content (AvgIpc) is 3.11. The van der Waals surface area contributed by atoms with E-state index in [2.05, 4.69) is 5.10 Å². The molecular formula is C20H25F3N2O6. The van der Waals surface area contributed by atoms with E-state index in [4.69, 9.17) is 14.6 Å². The van der Waals surface area contributed by atoms with Gasteiger partial charge < -0.3 is 29.9 Å². The Bertz CT molecular complexity index is 871. The topological polar surface area (TPSA) is 128 Å². The number of aromatic nitrogens is 2. The number of hydrogen-bond acceptors (Lipinski definition) is 7. The van der Waals surface area contributed by atoms with Crippen molar-refractivity contribution in [3.05, 3.63) is 46.6 Å². The highest BCUT2D eigenvalue weighted by atomic mass is 19.4. The maximum absolute atomic E-state index is 13.5. The van der Waals surface area contributed by atoms with Gasteiger partial charge in [-0.05, 0) is 17.0 Å². The van der Waals surface area contributed by atoms with Crippen LogP contribution in [-0.4, -0.2) is 67.9 Å². The first-order valence-electron chi connectivity index (χ1n) is 9.73. The molecule has 0 bridgehead atoms. The second-order valence-electron chi connectivity index (χ2n) is 7.76. The van der Waals surface area contributed by atoms with Gasteiger partial charge >= 0.3 is 6.18 Å². The molecule has 0 saturated carbocycles. The SMILES string of the molecule is CC(C)c1ccc(Cc2c(O[C@@H]3[C@@H](O)[C@H](O)[C@@H](CO)O[C@H]3O)n[nH]c2C(F)(F)F)cc1. The lowest BCUT2D eigenvalue weighted by atomic mass is 9.98. The molecule has 0 aliphatic carbocycles. The van der Waals surface area contributed by atoms with Gasteiger partial charge in [-0.1, -0.05) is 38.1 Å². The molecule has 11 heteroatoms. The minimum Gasteiger partial charge on any atom is -0.465 e. The van der Waals surface area contributed by atoms with Crippen LogP contribution in [0.3, 0.4) is 0 Å². The Morgan fingerprint density at radius 3 is 2.32 bits per heavy atom. The van der Waals surface area contributed by atoms with Crippen LogP contribution >= 0.6 is 0 Å². The Morgan fingerprint density at radius 2 is 1.77 bits per heavy atom. The van der Waals surface area contributed by atoms with Crippen LogP contribution < -0.4 is 4.74 Å². The fraction of sp³-hybridized carbons (Fsp3) is 0.550. The van der Waals surface area contributed by atoms with Crippen molar-refractivity contribution >= 4 is 0 Å². The van der Waals surface area contributed by atoms with Crippen molar-refractivity contribution < 1.29 is 43.1 Å². The van der Waals surface area contributed by atoms with Crippen LogP contribution in [0.1, 0.15) is 42.1 Å². The first-order chi connectivity index (χ1) is 14.5. The van der Waals surface area contributed by atoms with Crippen molar-refractivity contribution in [2.24, 2.45) is 0 Å². The lowest BCUT2D eigenvalue weighted by Crippen LogP contribution is -2.60. The summed E-state index contributed by atoms with van der Waals surface area (Å²) in [6.45, 7) is 3.31. The molecule has 1 aliphatic heterocycles. The molecule has 1 saturated heterocycles. The summed E-state index contributed by atoms with van der Waals surface area (Å²) < 4.78 is 50.9. The molecule has 1 aromatic carbocycles.